The van der Waals surface area contributed by atoms with Crippen molar-refractivity contribution < 1.29 is 4.39 Å². The molecule has 0 saturated heterocycles. The summed E-state index contributed by atoms with van der Waals surface area (Å²) in [4.78, 5) is 0. The Morgan fingerprint density at radius 2 is 1.17 bits per heavy atom. The van der Waals surface area contributed by atoms with E-state index in [-0.39, 0.29) is 5.82 Å². The van der Waals surface area contributed by atoms with Gasteiger partial charge in [-0.25, -0.2) is 4.39 Å². The maximum atomic E-state index is 14.7. The highest BCUT2D eigenvalue weighted by atomic mass is 19.1. The van der Waals surface area contributed by atoms with Gasteiger partial charge in [0.15, 0.2) is 0 Å². The predicted molar refractivity (Wildman–Crippen MR) is 152 cm³/mol. The molecule has 0 saturated carbocycles. The average molecular weight is 477 g/mol. The molecule has 0 bridgehead atoms. The third kappa shape index (κ3) is 7.08. The van der Waals surface area contributed by atoms with Gasteiger partial charge in [-0.15, -0.1) is 0 Å². The molecule has 0 aliphatic rings. The molecular weight excluding hydrogens is 439 g/mol. The summed E-state index contributed by atoms with van der Waals surface area (Å²) in [6, 6.07) is 27.4. The van der Waals surface area contributed by atoms with Gasteiger partial charge in [-0.2, -0.15) is 0 Å². The van der Waals surface area contributed by atoms with Crippen LogP contribution in [0.1, 0.15) is 79.3 Å². The molecule has 1 heteroatoms. The van der Waals surface area contributed by atoms with Crippen LogP contribution in [0.2, 0.25) is 0 Å². The standard InChI is InChI=1S/C35H37F/c1-3-5-6-7-9-27-10-12-28(13-11-27)14-15-29-16-18-30(19-17-29)20-21-31-22-25-34-33(26-31)24-23-32(8-4-2)35(34)36/h10-13,16-19,22-26H,3-9,14-15H2,1-2H3. The molecule has 0 N–H and O–H groups in total. The summed E-state index contributed by atoms with van der Waals surface area (Å²) >= 11 is 0. The zero-order chi connectivity index (χ0) is 25.2. The molecule has 184 valence electrons. The van der Waals surface area contributed by atoms with Crippen molar-refractivity contribution in [2.75, 3.05) is 0 Å². The summed E-state index contributed by atoms with van der Waals surface area (Å²) in [5.74, 6) is 6.41. The number of halogens is 1. The fourth-order valence-corrected chi connectivity index (χ4v) is 4.69. The quantitative estimate of drug-likeness (QED) is 0.158. The van der Waals surface area contributed by atoms with Crippen molar-refractivity contribution >= 4 is 10.8 Å². The van der Waals surface area contributed by atoms with Crippen LogP contribution in [0.4, 0.5) is 4.39 Å². The van der Waals surface area contributed by atoms with Crippen molar-refractivity contribution in [3.8, 4) is 11.8 Å². The second-order valence-corrected chi connectivity index (χ2v) is 9.80. The van der Waals surface area contributed by atoms with E-state index in [1.807, 2.05) is 30.3 Å². The summed E-state index contributed by atoms with van der Waals surface area (Å²) < 4.78 is 14.7. The Kier molecular flexibility index (Phi) is 9.34. The van der Waals surface area contributed by atoms with Crippen LogP contribution < -0.4 is 0 Å². The lowest BCUT2D eigenvalue weighted by molar-refractivity contribution is 0.619. The fourth-order valence-electron chi connectivity index (χ4n) is 4.69. The highest BCUT2D eigenvalue weighted by molar-refractivity contribution is 5.85. The number of hydrogen-bond acceptors (Lipinski definition) is 0. The smallest absolute Gasteiger partial charge is 0.134 e. The minimum atomic E-state index is -0.0946. The van der Waals surface area contributed by atoms with E-state index >= 15 is 0 Å². The van der Waals surface area contributed by atoms with Gasteiger partial charge >= 0.3 is 0 Å². The van der Waals surface area contributed by atoms with E-state index in [0.29, 0.717) is 5.39 Å². The van der Waals surface area contributed by atoms with E-state index in [9.17, 15) is 4.39 Å². The first-order chi connectivity index (χ1) is 17.7. The van der Waals surface area contributed by atoms with Gasteiger partial charge in [-0.1, -0.05) is 106 Å². The van der Waals surface area contributed by atoms with Gasteiger partial charge in [0.05, 0.1) is 0 Å². The molecule has 0 unspecified atom stereocenters. The first-order valence-corrected chi connectivity index (χ1v) is 13.6. The van der Waals surface area contributed by atoms with Gasteiger partial charge in [0.1, 0.15) is 5.82 Å². The van der Waals surface area contributed by atoms with Gasteiger partial charge in [0.25, 0.3) is 0 Å². The van der Waals surface area contributed by atoms with Gasteiger partial charge in [0.2, 0.25) is 0 Å². The van der Waals surface area contributed by atoms with E-state index in [2.05, 4.69) is 74.2 Å². The first-order valence-electron chi connectivity index (χ1n) is 13.6. The van der Waals surface area contributed by atoms with Gasteiger partial charge in [0, 0.05) is 16.5 Å². The molecule has 0 aliphatic heterocycles. The molecule has 0 spiro atoms. The first kappa shape index (κ1) is 25.7. The van der Waals surface area contributed by atoms with Crippen LogP contribution >= 0.6 is 0 Å². The topological polar surface area (TPSA) is 0 Å². The Labute approximate surface area is 216 Å². The second kappa shape index (κ2) is 13.1. The van der Waals surface area contributed by atoms with E-state index in [0.717, 1.165) is 47.8 Å². The minimum Gasteiger partial charge on any atom is -0.206 e. The van der Waals surface area contributed by atoms with E-state index in [1.54, 1.807) is 0 Å². The molecule has 0 aliphatic carbocycles. The van der Waals surface area contributed by atoms with Crippen LogP contribution in [0.5, 0.6) is 0 Å². The van der Waals surface area contributed by atoms with Crippen LogP contribution in [0, 0.1) is 17.7 Å². The molecule has 36 heavy (non-hydrogen) atoms. The lowest BCUT2D eigenvalue weighted by Crippen LogP contribution is -1.93. The minimum absolute atomic E-state index is 0.0946. The Bertz CT molecular complexity index is 1320. The highest BCUT2D eigenvalue weighted by Gasteiger charge is 2.07. The van der Waals surface area contributed by atoms with Crippen molar-refractivity contribution in [1.82, 2.24) is 0 Å². The van der Waals surface area contributed by atoms with Crippen molar-refractivity contribution in [2.24, 2.45) is 0 Å². The Hall–Kier alpha value is -3.37. The van der Waals surface area contributed by atoms with Crippen molar-refractivity contribution in [3.05, 3.63) is 118 Å². The van der Waals surface area contributed by atoms with Crippen LogP contribution in [0.15, 0.2) is 78.9 Å². The average Bonchev–Trinajstić information content (AvgIpc) is 2.91. The Morgan fingerprint density at radius 1 is 0.556 bits per heavy atom. The molecule has 0 radical (unpaired) electrons. The second-order valence-electron chi connectivity index (χ2n) is 9.80. The van der Waals surface area contributed by atoms with Crippen molar-refractivity contribution in [3.63, 3.8) is 0 Å². The maximum Gasteiger partial charge on any atom is 0.134 e. The zero-order valence-corrected chi connectivity index (χ0v) is 21.7. The lowest BCUT2D eigenvalue weighted by Gasteiger charge is -2.06. The molecule has 0 fully saturated rings. The SMILES string of the molecule is CCCCCCc1ccc(CCc2ccc(C#Cc3ccc4c(F)c(CCC)ccc4c3)cc2)cc1. The molecule has 4 aromatic rings. The maximum absolute atomic E-state index is 14.7. The van der Waals surface area contributed by atoms with Gasteiger partial charge in [-0.3, -0.25) is 0 Å². The summed E-state index contributed by atoms with van der Waals surface area (Å²) in [6.07, 6.45) is 10.2. The molecule has 0 nitrogen and oxygen atoms in total. The highest BCUT2D eigenvalue weighted by Crippen LogP contribution is 2.23. The monoisotopic (exact) mass is 476 g/mol. The van der Waals surface area contributed by atoms with Crippen molar-refractivity contribution in [2.45, 2.75) is 71.6 Å². The van der Waals surface area contributed by atoms with Gasteiger partial charge in [-0.05, 0) is 84.0 Å². The van der Waals surface area contributed by atoms with E-state index in [4.69, 9.17) is 0 Å². The fraction of sp³-hybridized carbons (Fsp3) is 0.314. The number of hydrogen-bond donors (Lipinski definition) is 0. The molecule has 0 heterocycles. The number of fused-ring (bicyclic) bond motifs is 1. The molecule has 0 amide bonds. The Balaban J connectivity index is 1.33. The third-order valence-electron chi connectivity index (χ3n) is 6.90. The number of benzene rings is 4. The third-order valence-corrected chi connectivity index (χ3v) is 6.90. The van der Waals surface area contributed by atoms with E-state index in [1.165, 1.54) is 48.8 Å². The predicted octanol–water partition coefficient (Wildman–Crippen LogP) is 9.24. The summed E-state index contributed by atoms with van der Waals surface area (Å²) in [5, 5.41) is 1.58. The number of aryl methyl sites for hydroxylation is 4. The molecule has 4 rings (SSSR count). The molecule has 4 aromatic carbocycles. The number of unbranched alkanes of at least 4 members (excludes halogenated alkanes) is 3. The zero-order valence-electron chi connectivity index (χ0n) is 21.7. The lowest BCUT2D eigenvalue weighted by atomic mass is 10.00. The number of rotatable bonds is 10. The summed E-state index contributed by atoms with van der Waals surface area (Å²) in [6.45, 7) is 4.33. The van der Waals surface area contributed by atoms with Crippen LogP contribution in [0.25, 0.3) is 10.8 Å². The van der Waals surface area contributed by atoms with Crippen LogP contribution in [-0.2, 0) is 25.7 Å². The normalized spacial score (nSPS) is 10.9. The Morgan fingerprint density at radius 3 is 1.83 bits per heavy atom. The van der Waals surface area contributed by atoms with Crippen LogP contribution in [-0.4, -0.2) is 0 Å². The molecule has 0 atom stereocenters. The van der Waals surface area contributed by atoms with Crippen molar-refractivity contribution in [1.29, 1.82) is 0 Å². The largest absolute Gasteiger partial charge is 0.206 e. The summed E-state index contributed by atoms with van der Waals surface area (Å²) in [7, 11) is 0. The molecule has 0 aromatic heterocycles. The van der Waals surface area contributed by atoms with Crippen LogP contribution in [0.3, 0.4) is 0 Å². The van der Waals surface area contributed by atoms with Gasteiger partial charge < -0.3 is 0 Å². The van der Waals surface area contributed by atoms with E-state index < -0.39 is 0 Å². The molecular formula is C35H37F. The summed E-state index contributed by atoms with van der Waals surface area (Å²) in [5.41, 5.74) is 6.87.